The normalized spacial score (nSPS) is 10.5. The largest absolute Gasteiger partial charge is 0.497 e. The summed E-state index contributed by atoms with van der Waals surface area (Å²) in [5.74, 6) is 0.984. The van der Waals surface area contributed by atoms with E-state index in [1.165, 1.54) is 0 Å². The molecule has 6 nitrogen and oxygen atoms in total. The molecule has 1 N–H and O–H groups in total. The van der Waals surface area contributed by atoms with Crippen LogP contribution in [0.4, 0.5) is 5.69 Å². The molecule has 0 aliphatic carbocycles. The minimum atomic E-state index is -0.224. The predicted octanol–water partition coefficient (Wildman–Crippen LogP) is 3.76. The van der Waals surface area contributed by atoms with Gasteiger partial charge in [-0.05, 0) is 24.1 Å². The van der Waals surface area contributed by atoms with Crippen LogP contribution in [0, 0.1) is 0 Å². The van der Waals surface area contributed by atoms with Crippen LogP contribution >= 0.6 is 0 Å². The first-order valence-corrected chi connectivity index (χ1v) is 8.78. The average molecular weight is 365 g/mol. The molecule has 0 radical (unpaired) electrons. The van der Waals surface area contributed by atoms with Crippen LogP contribution in [-0.4, -0.2) is 29.9 Å². The second-order valence-electron chi connectivity index (χ2n) is 6.02. The van der Waals surface area contributed by atoms with E-state index in [0.717, 1.165) is 11.3 Å². The lowest BCUT2D eigenvalue weighted by Crippen LogP contribution is -2.15. The zero-order valence-electron chi connectivity index (χ0n) is 15.7. The van der Waals surface area contributed by atoms with Crippen molar-refractivity contribution in [2.24, 2.45) is 0 Å². The summed E-state index contributed by atoms with van der Waals surface area (Å²) in [7, 11) is 3.14. The zero-order chi connectivity index (χ0) is 19.2. The molecule has 1 heterocycles. The van der Waals surface area contributed by atoms with Gasteiger partial charge in [0.1, 0.15) is 11.5 Å². The van der Waals surface area contributed by atoms with E-state index < -0.39 is 0 Å². The Labute approximate surface area is 158 Å². The van der Waals surface area contributed by atoms with Crippen LogP contribution in [0.5, 0.6) is 11.5 Å². The van der Waals surface area contributed by atoms with Crippen molar-refractivity contribution in [3.63, 3.8) is 0 Å². The molecule has 0 saturated heterocycles. The fraction of sp³-hybridized carbons (Fsp3) is 0.238. The predicted molar refractivity (Wildman–Crippen MR) is 105 cm³/mol. The number of rotatable bonds is 7. The van der Waals surface area contributed by atoms with Gasteiger partial charge in [0, 0.05) is 6.07 Å². The molecule has 27 heavy (non-hydrogen) atoms. The van der Waals surface area contributed by atoms with E-state index >= 15 is 0 Å². The number of anilines is 1. The highest BCUT2D eigenvalue weighted by molar-refractivity contribution is 6.05. The number of ether oxygens (including phenoxy) is 2. The van der Waals surface area contributed by atoms with Gasteiger partial charge in [-0.15, -0.1) is 0 Å². The van der Waals surface area contributed by atoms with Crippen molar-refractivity contribution in [2.75, 3.05) is 19.5 Å². The van der Waals surface area contributed by atoms with Gasteiger partial charge in [0.2, 0.25) is 0 Å². The number of hydrogen-bond donors (Lipinski definition) is 1. The van der Waals surface area contributed by atoms with Crippen LogP contribution in [0.15, 0.2) is 54.7 Å². The third kappa shape index (κ3) is 4.11. The maximum atomic E-state index is 12.9. The van der Waals surface area contributed by atoms with E-state index in [1.807, 2.05) is 41.9 Å². The van der Waals surface area contributed by atoms with Gasteiger partial charge in [0.05, 0.1) is 43.9 Å². The first-order chi connectivity index (χ1) is 13.2. The summed E-state index contributed by atoms with van der Waals surface area (Å²) >= 11 is 0. The molecule has 0 bridgehead atoms. The number of methoxy groups -OCH3 is 2. The quantitative estimate of drug-likeness (QED) is 0.692. The molecule has 1 amide bonds. The van der Waals surface area contributed by atoms with Crippen LogP contribution in [0.3, 0.4) is 0 Å². The molecule has 3 rings (SSSR count). The minimum Gasteiger partial charge on any atom is -0.497 e. The van der Waals surface area contributed by atoms with Crippen molar-refractivity contribution in [3.05, 3.63) is 71.5 Å². The van der Waals surface area contributed by atoms with E-state index in [2.05, 4.69) is 10.4 Å². The molecule has 6 heteroatoms. The molecule has 140 valence electrons. The molecule has 0 unspecified atom stereocenters. The monoisotopic (exact) mass is 365 g/mol. The Kier molecular flexibility index (Phi) is 5.76. The van der Waals surface area contributed by atoms with Crippen molar-refractivity contribution >= 4 is 11.6 Å². The summed E-state index contributed by atoms with van der Waals surface area (Å²) in [6, 6.07) is 15.3. The Bertz CT molecular complexity index is 920. The van der Waals surface area contributed by atoms with Gasteiger partial charge in [0.15, 0.2) is 0 Å². The Hall–Kier alpha value is -3.28. The molecule has 0 aliphatic rings. The summed E-state index contributed by atoms with van der Waals surface area (Å²) in [5.41, 5.74) is 3.13. The molecule has 0 fully saturated rings. The van der Waals surface area contributed by atoms with Gasteiger partial charge in [0.25, 0.3) is 5.91 Å². The standard InChI is InChI=1S/C21H23N3O3/c1-4-19-17(13-22-24(19)14-15-8-6-5-7-9-15)21(25)23-18-12-16(26-2)10-11-20(18)27-3/h5-13H,4,14H2,1-3H3,(H,23,25). The number of carbonyl (C=O) groups is 1. The summed E-state index contributed by atoms with van der Waals surface area (Å²) in [6.45, 7) is 2.64. The summed E-state index contributed by atoms with van der Waals surface area (Å²) in [6.07, 6.45) is 2.31. The van der Waals surface area contributed by atoms with Crippen LogP contribution in [0.2, 0.25) is 0 Å². The first-order valence-electron chi connectivity index (χ1n) is 8.78. The summed E-state index contributed by atoms with van der Waals surface area (Å²) in [5, 5.41) is 7.33. The molecule has 1 aromatic heterocycles. The Morgan fingerprint density at radius 1 is 1.11 bits per heavy atom. The van der Waals surface area contributed by atoms with Crippen LogP contribution < -0.4 is 14.8 Å². The molecular weight excluding hydrogens is 342 g/mol. The van der Waals surface area contributed by atoms with Gasteiger partial charge in [-0.2, -0.15) is 5.10 Å². The van der Waals surface area contributed by atoms with Crippen molar-refractivity contribution in [1.29, 1.82) is 0 Å². The number of carbonyl (C=O) groups excluding carboxylic acids is 1. The number of nitrogens with zero attached hydrogens (tertiary/aromatic N) is 2. The fourth-order valence-electron chi connectivity index (χ4n) is 2.97. The molecule has 0 saturated carbocycles. The molecule has 2 aromatic carbocycles. The highest BCUT2D eigenvalue weighted by Gasteiger charge is 2.18. The van der Waals surface area contributed by atoms with E-state index in [-0.39, 0.29) is 5.91 Å². The van der Waals surface area contributed by atoms with Gasteiger partial charge in [-0.3, -0.25) is 9.48 Å². The SMILES string of the molecule is CCc1c(C(=O)Nc2cc(OC)ccc2OC)cnn1Cc1ccccc1. The molecule has 0 aliphatic heterocycles. The molecule has 3 aromatic rings. The fourth-order valence-corrected chi connectivity index (χ4v) is 2.97. The van der Waals surface area contributed by atoms with Crippen molar-refractivity contribution < 1.29 is 14.3 Å². The Morgan fingerprint density at radius 2 is 1.89 bits per heavy atom. The van der Waals surface area contributed by atoms with E-state index in [1.54, 1.807) is 38.6 Å². The lowest BCUT2D eigenvalue weighted by atomic mass is 10.1. The van der Waals surface area contributed by atoms with Gasteiger partial charge < -0.3 is 14.8 Å². The van der Waals surface area contributed by atoms with Gasteiger partial charge in [-0.25, -0.2) is 0 Å². The van der Waals surface area contributed by atoms with Crippen LogP contribution in [0.25, 0.3) is 0 Å². The smallest absolute Gasteiger partial charge is 0.259 e. The number of aromatic nitrogens is 2. The summed E-state index contributed by atoms with van der Waals surface area (Å²) < 4.78 is 12.4. The third-order valence-electron chi connectivity index (χ3n) is 4.36. The number of amides is 1. The van der Waals surface area contributed by atoms with Gasteiger partial charge in [-0.1, -0.05) is 37.3 Å². The maximum absolute atomic E-state index is 12.9. The van der Waals surface area contributed by atoms with E-state index in [0.29, 0.717) is 35.7 Å². The maximum Gasteiger partial charge on any atom is 0.259 e. The van der Waals surface area contributed by atoms with Crippen LogP contribution in [-0.2, 0) is 13.0 Å². The lowest BCUT2D eigenvalue weighted by molar-refractivity contribution is 0.102. The van der Waals surface area contributed by atoms with Crippen molar-refractivity contribution in [3.8, 4) is 11.5 Å². The van der Waals surface area contributed by atoms with E-state index in [9.17, 15) is 4.79 Å². The highest BCUT2D eigenvalue weighted by Crippen LogP contribution is 2.29. The molecular formula is C21H23N3O3. The van der Waals surface area contributed by atoms with Crippen LogP contribution in [0.1, 0.15) is 28.5 Å². The topological polar surface area (TPSA) is 65.4 Å². The Morgan fingerprint density at radius 3 is 2.56 bits per heavy atom. The summed E-state index contributed by atoms with van der Waals surface area (Å²) in [4.78, 5) is 12.9. The molecule has 0 spiro atoms. The number of nitrogens with one attached hydrogen (secondary N) is 1. The molecule has 0 atom stereocenters. The van der Waals surface area contributed by atoms with Crippen molar-refractivity contribution in [1.82, 2.24) is 9.78 Å². The van der Waals surface area contributed by atoms with E-state index in [4.69, 9.17) is 9.47 Å². The first kappa shape index (κ1) is 18.5. The zero-order valence-corrected chi connectivity index (χ0v) is 15.7. The number of hydrogen-bond acceptors (Lipinski definition) is 4. The van der Waals surface area contributed by atoms with Crippen molar-refractivity contribution in [2.45, 2.75) is 19.9 Å². The third-order valence-corrected chi connectivity index (χ3v) is 4.36. The minimum absolute atomic E-state index is 0.224. The average Bonchev–Trinajstić information content (AvgIpc) is 3.11. The number of benzene rings is 2. The second kappa shape index (κ2) is 8.40. The second-order valence-corrected chi connectivity index (χ2v) is 6.02. The Balaban J connectivity index is 1.85. The van der Waals surface area contributed by atoms with Gasteiger partial charge >= 0.3 is 0 Å². The highest BCUT2D eigenvalue weighted by atomic mass is 16.5. The lowest BCUT2D eigenvalue weighted by Gasteiger charge is -2.12.